The first-order valence-corrected chi connectivity index (χ1v) is 8.42. The smallest absolute Gasteiger partial charge is 0.258 e. The number of para-hydroxylation sites is 1. The summed E-state index contributed by atoms with van der Waals surface area (Å²) in [7, 11) is 5.57. The van der Waals surface area contributed by atoms with E-state index in [9.17, 15) is 14.0 Å². The Morgan fingerprint density at radius 1 is 1.00 bits per heavy atom. The number of anilines is 2. The number of amidine groups is 1. The highest BCUT2D eigenvalue weighted by molar-refractivity contribution is 6.32. The van der Waals surface area contributed by atoms with Crippen molar-refractivity contribution in [3.05, 3.63) is 83.3 Å². The van der Waals surface area contributed by atoms with Crippen LogP contribution in [0.4, 0.5) is 15.9 Å². The van der Waals surface area contributed by atoms with Crippen LogP contribution < -0.4 is 21.8 Å². The van der Waals surface area contributed by atoms with Gasteiger partial charge in [0.15, 0.2) is 0 Å². The number of hydrogen-bond donors (Lipinski definition) is 4. The van der Waals surface area contributed by atoms with Gasteiger partial charge in [-0.3, -0.25) is 15.0 Å². The minimum atomic E-state index is -0.830. The minimum absolute atomic E-state index is 0.162. The SMILES string of the molecule is [B]c1ccc(NC(=O)c2ccccc2NC(=O)c2ccc(C(=N)N)cc2F)nc1. The molecule has 9 heteroatoms. The normalized spacial score (nSPS) is 10.2. The lowest BCUT2D eigenvalue weighted by molar-refractivity contribution is 0.102. The Balaban J connectivity index is 1.81. The van der Waals surface area contributed by atoms with E-state index < -0.39 is 17.6 Å². The number of hydrogen-bond acceptors (Lipinski definition) is 4. The molecule has 2 amide bonds. The fourth-order valence-corrected chi connectivity index (χ4v) is 2.51. The molecular formula is C20H15BFN5O2. The summed E-state index contributed by atoms with van der Waals surface area (Å²) in [5.41, 5.74) is 6.05. The fraction of sp³-hybridized carbons (Fsp3) is 0. The van der Waals surface area contributed by atoms with E-state index in [0.717, 1.165) is 6.07 Å². The lowest BCUT2D eigenvalue weighted by atomic mass is 9.99. The Morgan fingerprint density at radius 2 is 1.72 bits per heavy atom. The number of amides is 2. The van der Waals surface area contributed by atoms with Crippen molar-refractivity contribution in [1.82, 2.24) is 4.98 Å². The van der Waals surface area contributed by atoms with E-state index in [0.29, 0.717) is 5.46 Å². The molecule has 0 saturated carbocycles. The molecule has 0 bridgehead atoms. The van der Waals surface area contributed by atoms with Crippen molar-refractivity contribution in [2.75, 3.05) is 10.6 Å². The van der Waals surface area contributed by atoms with E-state index in [1.165, 1.54) is 30.5 Å². The van der Waals surface area contributed by atoms with E-state index in [2.05, 4.69) is 15.6 Å². The predicted molar refractivity (Wildman–Crippen MR) is 109 cm³/mol. The Labute approximate surface area is 167 Å². The van der Waals surface area contributed by atoms with Crippen molar-refractivity contribution in [3.63, 3.8) is 0 Å². The standard InChI is InChI=1S/C20H15BFN5O2/c21-12-6-8-17(25-10-12)27-20(29)14-3-1-2-4-16(14)26-19(28)13-7-5-11(18(23)24)9-15(13)22/h1-10H,(H3,23,24)(H,26,28)(H,25,27,29). The molecule has 0 atom stereocenters. The molecule has 0 aliphatic rings. The molecule has 0 aliphatic heterocycles. The van der Waals surface area contributed by atoms with Crippen molar-refractivity contribution in [2.24, 2.45) is 5.73 Å². The molecular weight excluding hydrogens is 372 g/mol. The van der Waals surface area contributed by atoms with E-state index >= 15 is 0 Å². The second kappa shape index (κ2) is 8.34. The minimum Gasteiger partial charge on any atom is -0.384 e. The van der Waals surface area contributed by atoms with Gasteiger partial charge in [0.1, 0.15) is 25.3 Å². The topological polar surface area (TPSA) is 121 Å². The van der Waals surface area contributed by atoms with Crippen LogP contribution in [-0.2, 0) is 0 Å². The number of pyridine rings is 1. The maximum Gasteiger partial charge on any atom is 0.258 e. The molecule has 7 nitrogen and oxygen atoms in total. The van der Waals surface area contributed by atoms with E-state index in [-0.39, 0.29) is 34.0 Å². The van der Waals surface area contributed by atoms with Crippen LogP contribution in [-0.4, -0.2) is 30.5 Å². The van der Waals surface area contributed by atoms with E-state index in [1.807, 2.05) is 0 Å². The zero-order valence-electron chi connectivity index (χ0n) is 15.1. The molecule has 2 aromatic carbocycles. The first-order valence-electron chi connectivity index (χ1n) is 8.42. The van der Waals surface area contributed by atoms with E-state index in [1.54, 1.807) is 24.3 Å². The van der Waals surface area contributed by atoms with E-state index in [4.69, 9.17) is 19.0 Å². The Kier molecular flexibility index (Phi) is 5.68. The average molecular weight is 387 g/mol. The molecule has 0 aliphatic carbocycles. The maximum absolute atomic E-state index is 14.2. The van der Waals surface area contributed by atoms with Crippen LogP contribution >= 0.6 is 0 Å². The molecule has 142 valence electrons. The van der Waals surface area contributed by atoms with Gasteiger partial charge >= 0.3 is 0 Å². The summed E-state index contributed by atoms with van der Waals surface area (Å²) in [5.74, 6) is -2.11. The molecule has 0 unspecified atom stereocenters. The highest BCUT2D eigenvalue weighted by Gasteiger charge is 2.17. The molecule has 3 aromatic rings. The molecule has 1 aromatic heterocycles. The first-order chi connectivity index (χ1) is 13.8. The van der Waals surface area contributed by atoms with Gasteiger partial charge in [-0.05, 0) is 30.3 Å². The molecule has 2 radical (unpaired) electrons. The van der Waals surface area contributed by atoms with Crippen LogP contribution in [0.15, 0.2) is 60.8 Å². The van der Waals surface area contributed by atoms with Crippen molar-refractivity contribution in [3.8, 4) is 0 Å². The number of nitrogens with one attached hydrogen (secondary N) is 3. The van der Waals surface area contributed by atoms with Gasteiger partial charge in [0.25, 0.3) is 11.8 Å². The van der Waals surface area contributed by atoms with Crippen molar-refractivity contribution in [2.45, 2.75) is 0 Å². The zero-order valence-corrected chi connectivity index (χ0v) is 15.1. The quantitative estimate of drug-likeness (QED) is 0.303. The number of aromatic nitrogens is 1. The van der Waals surface area contributed by atoms with Crippen molar-refractivity contribution in [1.29, 1.82) is 5.41 Å². The maximum atomic E-state index is 14.2. The van der Waals surface area contributed by atoms with Gasteiger partial charge in [0.2, 0.25) is 0 Å². The van der Waals surface area contributed by atoms with Gasteiger partial charge in [0.05, 0.1) is 16.8 Å². The number of rotatable bonds is 5. The number of halogens is 1. The second-order valence-corrected chi connectivity index (χ2v) is 6.04. The average Bonchev–Trinajstić information content (AvgIpc) is 2.69. The highest BCUT2D eigenvalue weighted by atomic mass is 19.1. The zero-order chi connectivity index (χ0) is 21.0. The van der Waals surface area contributed by atoms with Crippen molar-refractivity contribution >= 4 is 42.5 Å². The van der Waals surface area contributed by atoms with Crippen LogP contribution in [0.25, 0.3) is 0 Å². The predicted octanol–water partition coefficient (Wildman–Crippen LogP) is 1.80. The number of carbonyl (C=O) groups excluding carboxylic acids is 2. The van der Waals surface area contributed by atoms with Gasteiger partial charge in [-0.25, -0.2) is 9.37 Å². The molecule has 29 heavy (non-hydrogen) atoms. The summed E-state index contributed by atoms with van der Waals surface area (Å²) < 4.78 is 14.2. The summed E-state index contributed by atoms with van der Waals surface area (Å²) in [6.45, 7) is 0. The van der Waals surface area contributed by atoms with Crippen LogP contribution in [0.5, 0.6) is 0 Å². The summed E-state index contributed by atoms with van der Waals surface area (Å²) in [4.78, 5) is 29.1. The number of nitrogens with zero attached hydrogens (tertiary/aromatic N) is 1. The molecule has 5 N–H and O–H groups in total. The van der Waals surface area contributed by atoms with Gasteiger partial charge < -0.3 is 16.4 Å². The fourth-order valence-electron chi connectivity index (χ4n) is 2.51. The van der Waals surface area contributed by atoms with Crippen LogP contribution in [0, 0.1) is 11.2 Å². The largest absolute Gasteiger partial charge is 0.384 e. The third-order valence-electron chi connectivity index (χ3n) is 3.97. The molecule has 3 rings (SSSR count). The van der Waals surface area contributed by atoms with Gasteiger partial charge in [-0.15, -0.1) is 0 Å². The number of benzene rings is 2. The van der Waals surface area contributed by atoms with Gasteiger partial charge in [-0.2, -0.15) is 0 Å². The van der Waals surface area contributed by atoms with Gasteiger partial charge in [-0.1, -0.05) is 29.7 Å². The van der Waals surface area contributed by atoms with Crippen molar-refractivity contribution < 1.29 is 14.0 Å². The second-order valence-electron chi connectivity index (χ2n) is 6.04. The molecule has 1 heterocycles. The number of nitrogens with two attached hydrogens (primary N) is 1. The first kappa shape index (κ1) is 19.7. The molecule has 0 saturated heterocycles. The number of carbonyl (C=O) groups is 2. The molecule has 0 fully saturated rings. The Morgan fingerprint density at radius 3 is 2.38 bits per heavy atom. The highest BCUT2D eigenvalue weighted by Crippen LogP contribution is 2.19. The third-order valence-corrected chi connectivity index (χ3v) is 3.97. The Hall–Kier alpha value is -4.01. The third kappa shape index (κ3) is 4.64. The monoisotopic (exact) mass is 387 g/mol. The lowest BCUT2D eigenvalue weighted by Crippen LogP contribution is -2.20. The summed E-state index contributed by atoms with van der Waals surface area (Å²) in [6.07, 6.45) is 1.40. The summed E-state index contributed by atoms with van der Waals surface area (Å²) >= 11 is 0. The summed E-state index contributed by atoms with van der Waals surface area (Å²) in [6, 6.07) is 13.0. The van der Waals surface area contributed by atoms with Crippen LogP contribution in [0.3, 0.4) is 0 Å². The Bertz CT molecular complexity index is 1100. The number of nitrogen functional groups attached to an aromatic ring is 1. The van der Waals surface area contributed by atoms with Crippen LogP contribution in [0.2, 0.25) is 0 Å². The summed E-state index contributed by atoms with van der Waals surface area (Å²) in [5, 5.41) is 12.5. The van der Waals surface area contributed by atoms with Crippen LogP contribution in [0.1, 0.15) is 26.3 Å². The molecule has 0 spiro atoms. The van der Waals surface area contributed by atoms with Gasteiger partial charge in [0, 0.05) is 11.8 Å². The lowest BCUT2D eigenvalue weighted by Gasteiger charge is -2.12.